The van der Waals surface area contributed by atoms with Gasteiger partial charge in [-0.25, -0.2) is 27.9 Å². The van der Waals surface area contributed by atoms with Crippen LogP contribution in [0, 0.1) is 23.4 Å². The minimum atomic E-state index is -1.43. The summed E-state index contributed by atoms with van der Waals surface area (Å²) in [6.45, 7) is 7.12. The maximum atomic E-state index is 14.9. The maximum absolute atomic E-state index is 14.9. The summed E-state index contributed by atoms with van der Waals surface area (Å²) in [7, 11) is 0. The van der Waals surface area contributed by atoms with Crippen LogP contribution in [0.4, 0.5) is 18.0 Å². The average molecular weight is 580 g/mol. The quantitative estimate of drug-likeness (QED) is 0.128. The number of alkyl carbamates (subject to hydrolysis) is 1. The lowest BCUT2D eigenvalue weighted by atomic mass is 9.80. The molecule has 1 aromatic carbocycles. The Hall–Kier alpha value is -3.81. The Morgan fingerprint density at radius 1 is 1.20 bits per heavy atom. The first-order valence-electron chi connectivity index (χ1n) is 13.5. The van der Waals surface area contributed by atoms with Gasteiger partial charge in [0.15, 0.2) is 23.2 Å². The molecular weight excluding hydrogens is 543 g/mol. The molecule has 3 heterocycles. The molecule has 14 heteroatoms. The number of nitrogens with zero attached hydrogens (tertiary/aromatic N) is 4. The van der Waals surface area contributed by atoms with Crippen LogP contribution in [0.2, 0.25) is 0 Å². The number of oxime groups is 1. The van der Waals surface area contributed by atoms with Crippen molar-refractivity contribution in [1.29, 1.82) is 0 Å². The SMILES string of the molecule is CC(C)(C)OC(=O)N[C@@]1(c2ncc(OCCC3CCN(C(N)=NO)CC3)cn2)CNC[C@@H]1c1cc(F)c(F)cc1F. The third-order valence-electron chi connectivity index (χ3n) is 7.35. The van der Waals surface area contributed by atoms with Gasteiger partial charge in [-0.2, -0.15) is 0 Å². The third-order valence-corrected chi connectivity index (χ3v) is 7.35. The molecule has 0 aliphatic carbocycles. The second-order valence-electron chi connectivity index (χ2n) is 11.3. The van der Waals surface area contributed by atoms with Crippen molar-refractivity contribution in [3.63, 3.8) is 0 Å². The van der Waals surface area contributed by atoms with E-state index in [2.05, 4.69) is 25.8 Å². The van der Waals surface area contributed by atoms with E-state index in [4.69, 9.17) is 20.4 Å². The fourth-order valence-corrected chi connectivity index (χ4v) is 5.28. The molecule has 2 aromatic rings. The first-order valence-corrected chi connectivity index (χ1v) is 13.5. The second-order valence-corrected chi connectivity index (χ2v) is 11.3. The van der Waals surface area contributed by atoms with Crippen molar-refractivity contribution in [3.8, 4) is 5.75 Å². The van der Waals surface area contributed by atoms with Gasteiger partial charge in [0.2, 0.25) is 5.96 Å². The number of hydrogen-bond donors (Lipinski definition) is 4. The molecule has 0 unspecified atom stereocenters. The number of likely N-dealkylation sites (tertiary alicyclic amines) is 1. The first kappa shape index (κ1) is 30.2. The molecule has 1 aromatic heterocycles. The van der Waals surface area contributed by atoms with Crippen molar-refractivity contribution in [2.24, 2.45) is 16.8 Å². The molecule has 5 N–H and O–H groups in total. The number of aromatic nitrogens is 2. The predicted octanol–water partition coefficient (Wildman–Crippen LogP) is 3.19. The van der Waals surface area contributed by atoms with Crippen LogP contribution in [0.1, 0.15) is 57.3 Å². The molecule has 0 radical (unpaired) electrons. The molecule has 41 heavy (non-hydrogen) atoms. The lowest BCUT2D eigenvalue weighted by molar-refractivity contribution is 0.0444. The molecule has 224 valence electrons. The van der Waals surface area contributed by atoms with E-state index in [1.807, 2.05) is 4.90 Å². The highest BCUT2D eigenvalue weighted by atomic mass is 19.2. The minimum Gasteiger partial charge on any atom is -0.490 e. The van der Waals surface area contributed by atoms with E-state index in [-0.39, 0.29) is 30.4 Å². The number of benzene rings is 1. The zero-order valence-corrected chi connectivity index (χ0v) is 23.3. The number of nitrogens with one attached hydrogen (secondary N) is 2. The zero-order chi connectivity index (χ0) is 29.8. The van der Waals surface area contributed by atoms with Gasteiger partial charge in [0, 0.05) is 38.2 Å². The number of piperidine rings is 1. The Morgan fingerprint density at radius 2 is 1.85 bits per heavy atom. The molecule has 2 aliphatic heterocycles. The number of ether oxygens (including phenoxy) is 2. The van der Waals surface area contributed by atoms with E-state index >= 15 is 0 Å². The van der Waals surface area contributed by atoms with E-state index in [0.717, 1.165) is 25.3 Å². The predicted molar refractivity (Wildman–Crippen MR) is 143 cm³/mol. The summed E-state index contributed by atoms with van der Waals surface area (Å²) in [4.78, 5) is 23.6. The minimum absolute atomic E-state index is 0.0831. The van der Waals surface area contributed by atoms with Crippen molar-refractivity contribution in [2.45, 2.75) is 57.1 Å². The summed E-state index contributed by atoms with van der Waals surface area (Å²) in [6, 6.07) is 1.28. The number of nitrogens with two attached hydrogens (primary N) is 1. The van der Waals surface area contributed by atoms with Gasteiger partial charge in [-0.15, -0.1) is 0 Å². The molecule has 0 spiro atoms. The average Bonchev–Trinajstić information content (AvgIpc) is 3.33. The van der Waals surface area contributed by atoms with Crippen molar-refractivity contribution in [3.05, 3.63) is 53.4 Å². The molecule has 2 saturated heterocycles. The fourth-order valence-electron chi connectivity index (χ4n) is 5.28. The highest BCUT2D eigenvalue weighted by Crippen LogP contribution is 2.40. The van der Waals surface area contributed by atoms with E-state index in [1.54, 1.807) is 20.8 Å². The number of guanidine groups is 1. The van der Waals surface area contributed by atoms with Gasteiger partial charge < -0.3 is 35.9 Å². The van der Waals surface area contributed by atoms with Gasteiger partial charge in [-0.3, -0.25) is 0 Å². The number of hydrogen-bond acceptors (Lipinski definition) is 8. The Labute approximate surface area is 236 Å². The lowest BCUT2D eigenvalue weighted by Crippen LogP contribution is -2.53. The number of rotatable bonds is 7. The van der Waals surface area contributed by atoms with E-state index in [9.17, 15) is 18.0 Å². The van der Waals surface area contributed by atoms with Crippen molar-refractivity contribution < 1.29 is 32.6 Å². The van der Waals surface area contributed by atoms with Gasteiger partial charge in [-0.1, -0.05) is 5.16 Å². The summed E-state index contributed by atoms with van der Waals surface area (Å²) in [5.74, 6) is -3.30. The standard InChI is InChI=1S/C27H36F3N7O4/c1-26(2,3)41-25(38)35-27(15-32-14-19(27)18-10-21(29)22(30)11-20(18)28)23-33-12-17(13-34-23)40-9-6-16-4-7-37(8-5-16)24(31)36-39/h10-13,16,19,32,39H,4-9,14-15H2,1-3H3,(H2,31,36)(H,35,38)/t19-,27+/m1/s1. The molecular formula is C27H36F3N7O4. The summed E-state index contributed by atoms with van der Waals surface area (Å²) < 4.78 is 54.1. The van der Waals surface area contributed by atoms with Gasteiger partial charge in [0.05, 0.1) is 19.0 Å². The summed E-state index contributed by atoms with van der Waals surface area (Å²) in [5, 5.41) is 17.8. The molecule has 11 nitrogen and oxygen atoms in total. The highest BCUT2D eigenvalue weighted by Gasteiger charge is 2.50. The van der Waals surface area contributed by atoms with Gasteiger partial charge in [0.25, 0.3) is 0 Å². The number of carbonyl (C=O) groups excluding carboxylic acids is 1. The van der Waals surface area contributed by atoms with Crippen LogP contribution < -0.4 is 21.1 Å². The Kier molecular flexibility index (Phi) is 9.10. The summed E-state index contributed by atoms with van der Waals surface area (Å²) in [6.07, 6.45) is 4.66. The monoisotopic (exact) mass is 579 g/mol. The molecule has 2 fully saturated rings. The third kappa shape index (κ3) is 7.10. The van der Waals surface area contributed by atoms with Crippen LogP contribution in [0.15, 0.2) is 29.7 Å². The van der Waals surface area contributed by atoms with Crippen LogP contribution in [-0.2, 0) is 10.3 Å². The normalized spacial score (nSPS) is 22.0. The van der Waals surface area contributed by atoms with Crippen molar-refractivity contribution in [2.75, 3.05) is 32.8 Å². The highest BCUT2D eigenvalue weighted by molar-refractivity contribution is 5.77. The topological polar surface area (TPSA) is 147 Å². The summed E-state index contributed by atoms with van der Waals surface area (Å²) >= 11 is 0. The number of halogens is 3. The van der Waals surface area contributed by atoms with E-state index in [1.165, 1.54) is 12.4 Å². The Morgan fingerprint density at radius 3 is 2.49 bits per heavy atom. The van der Waals surface area contributed by atoms with Crippen LogP contribution in [-0.4, -0.2) is 70.5 Å². The fraction of sp³-hybridized carbons (Fsp3) is 0.556. The first-order chi connectivity index (χ1) is 19.4. The lowest BCUT2D eigenvalue weighted by Gasteiger charge is -2.35. The Bertz CT molecular complexity index is 1250. The van der Waals surface area contributed by atoms with Crippen LogP contribution >= 0.6 is 0 Å². The molecule has 0 bridgehead atoms. The van der Waals surface area contributed by atoms with E-state index in [0.29, 0.717) is 37.4 Å². The van der Waals surface area contributed by atoms with Crippen LogP contribution in [0.3, 0.4) is 0 Å². The van der Waals surface area contributed by atoms with Gasteiger partial charge in [-0.05, 0) is 57.6 Å². The second kappa shape index (κ2) is 12.4. The maximum Gasteiger partial charge on any atom is 0.408 e. The molecule has 4 rings (SSSR count). The van der Waals surface area contributed by atoms with Crippen molar-refractivity contribution in [1.82, 2.24) is 25.5 Å². The van der Waals surface area contributed by atoms with Crippen LogP contribution in [0.5, 0.6) is 5.75 Å². The van der Waals surface area contributed by atoms with E-state index < -0.39 is 40.6 Å². The molecule has 2 aliphatic rings. The molecule has 0 saturated carbocycles. The number of carbonyl (C=O) groups is 1. The molecule has 2 atom stereocenters. The smallest absolute Gasteiger partial charge is 0.408 e. The molecule has 1 amide bonds. The number of amides is 1. The van der Waals surface area contributed by atoms with Gasteiger partial charge in [0.1, 0.15) is 17.0 Å². The summed E-state index contributed by atoms with van der Waals surface area (Å²) in [5.41, 5.74) is 3.27. The van der Waals surface area contributed by atoms with Gasteiger partial charge >= 0.3 is 6.09 Å². The zero-order valence-electron chi connectivity index (χ0n) is 23.3. The van der Waals surface area contributed by atoms with Crippen molar-refractivity contribution >= 4 is 12.1 Å². The Balaban J connectivity index is 1.50. The largest absolute Gasteiger partial charge is 0.490 e. The van der Waals surface area contributed by atoms with Crippen LogP contribution in [0.25, 0.3) is 0 Å².